The maximum Gasteiger partial charge on any atom is 0.573 e. The summed E-state index contributed by atoms with van der Waals surface area (Å²) >= 11 is 0. The van der Waals surface area contributed by atoms with Gasteiger partial charge in [0.05, 0.1) is 17.6 Å². The number of aliphatic hydroxyl groups excluding tert-OH is 1. The van der Waals surface area contributed by atoms with Gasteiger partial charge in [0, 0.05) is 17.8 Å². The molecule has 0 fully saturated rings. The summed E-state index contributed by atoms with van der Waals surface area (Å²) in [6.07, 6.45) is -3.21. The Morgan fingerprint density at radius 2 is 2.05 bits per heavy atom. The van der Waals surface area contributed by atoms with Crippen molar-refractivity contribution in [3.8, 4) is 17.3 Å². The van der Waals surface area contributed by atoms with Gasteiger partial charge in [0.15, 0.2) is 5.82 Å². The Balaban J connectivity index is 2.03. The zero-order valence-electron chi connectivity index (χ0n) is 11.1. The quantitative estimate of drug-likeness (QED) is 0.780. The number of halogens is 3. The summed E-state index contributed by atoms with van der Waals surface area (Å²) in [5.74, 6) is 0.0300. The third-order valence-electron chi connectivity index (χ3n) is 2.97. The standard InChI is InChI=1S/C14H10F3N3O2/c15-14(16,17)22-9-3-4-10-11(6-9)20-13(19-10)12-8(7-21)2-1-5-18-12/h1-6,21H,7H2,(H,19,20). The van der Waals surface area contributed by atoms with Gasteiger partial charge in [-0.05, 0) is 18.2 Å². The van der Waals surface area contributed by atoms with Crippen molar-refractivity contribution in [2.24, 2.45) is 0 Å². The van der Waals surface area contributed by atoms with Gasteiger partial charge in [-0.3, -0.25) is 4.98 Å². The molecule has 0 aliphatic rings. The molecular weight excluding hydrogens is 299 g/mol. The Kier molecular flexibility index (Phi) is 3.45. The van der Waals surface area contributed by atoms with Crippen LogP contribution in [-0.2, 0) is 6.61 Å². The zero-order chi connectivity index (χ0) is 15.7. The second kappa shape index (κ2) is 5.30. The number of nitrogens with one attached hydrogen (secondary N) is 1. The minimum atomic E-state index is -4.75. The first-order valence-corrected chi connectivity index (χ1v) is 6.27. The Morgan fingerprint density at radius 1 is 1.23 bits per heavy atom. The molecule has 2 N–H and O–H groups in total. The molecule has 2 heterocycles. The summed E-state index contributed by atoms with van der Waals surface area (Å²) in [4.78, 5) is 11.3. The third-order valence-corrected chi connectivity index (χ3v) is 2.97. The summed E-state index contributed by atoms with van der Waals surface area (Å²) in [5.41, 5.74) is 1.86. The van der Waals surface area contributed by atoms with Gasteiger partial charge in [0.2, 0.25) is 0 Å². The van der Waals surface area contributed by atoms with E-state index < -0.39 is 6.36 Å². The van der Waals surface area contributed by atoms with E-state index in [1.165, 1.54) is 18.2 Å². The molecule has 1 aromatic carbocycles. The van der Waals surface area contributed by atoms with E-state index in [9.17, 15) is 18.3 Å². The topological polar surface area (TPSA) is 71.0 Å². The number of benzene rings is 1. The van der Waals surface area contributed by atoms with Crippen LogP contribution in [0.25, 0.3) is 22.6 Å². The van der Waals surface area contributed by atoms with Gasteiger partial charge in [-0.25, -0.2) is 4.98 Å². The van der Waals surface area contributed by atoms with Crippen LogP contribution in [0.4, 0.5) is 13.2 Å². The van der Waals surface area contributed by atoms with Crippen LogP contribution < -0.4 is 4.74 Å². The highest BCUT2D eigenvalue weighted by Crippen LogP contribution is 2.27. The molecule has 22 heavy (non-hydrogen) atoms. The fourth-order valence-corrected chi connectivity index (χ4v) is 2.08. The maximum atomic E-state index is 12.2. The first kappa shape index (κ1) is 14.3. The molecule has 0 spiro atoms. The lowest BCUT2D eigenvalue weighted by Crippen LogP contribution is -2.16. The molecule has 0 bridgehead atoms. The predicted octanol–water partition coefficient (Wildman–Crippen LogP) is 3.02. The number of nitrogens with zero attached hydrogens (tertiary/aromatic N) is 2. The van der Waals surface area contributed by atoms with Crippen LogP contribution in [0.15, 0.2) is 36.5 Å². The number of H-pyrrole nitrogens is 1. The third kappa shape index (κ3) is 2.86. The Morgan fingerprint density at radius 3 is 2.77 bits per heavy atom. The lowest BCUT2D eigenvalue weighted by Gasteiger charge is -2.07. The van der Waals surface area contributed by atoms with Gasteiger partial charge < -0.3 is 14.8 Å². The number of rotatable bonds is 3. The average Bonchev–Trinajstić information content (AvgIpc) is 2.88. The fraction of sp³-hybridized carbons (Fsp3) is 0.143. The van der Waals surface area contributed by atoms with E-state index in [0.717, 1.165) is 0 Å². The van der Waals surface area contributed by atoms with Gasteiger partial charge in [-0.1, -0.05) is 6.07 Å². The number of aromatic amines is 1. The maximum absolute atomic E-state index is 12.2. The first-order valence-electron chi connectivity index (χ1n) is 6.27. The van der Waals surface area contributed by atoms with Crippen LogP contribution in [0.1, 0.15) is 5.56 Å². The van der Waals surface area contributed by atoms with Gasteiger partial charge in [-0.2, -0.15) is 0 Å². The van der Waals surface area contributed by atoms with E-state index >= 15 is 0 Å². The van der Waals surface area contributed by atoms with Crippen LogP contribution in [0.3, 0.4) is 0 Å². The van der Waals surface area contributed by atoms with Crippen molar-refractivity contribution in [2.45, 2.75) is 13.0 Å². The second-order valence-electron chi connectivity index (χ2n) is 4.48. The van der Waals surface area contributed by atoms with Crippen molar-refractivity contribution in [3.63, 3.8) is 0 Å². The molecule has 0 saturated carbocycles. The Hall–Kier alpha value is -2.61. The SMILES string of the molecule is OCc1cccnc1-c1nc2ccc(OC(F)(F)F)cc2[nH]1. The second-order valence-corrected chi connectivity index (χ2v) is 4.48. The lowest BCUT2D eigenvalue weighted by atomic mass is 10.2. The van der Waals surface area contributed by atoms with E-state index in [0.29, 0.717) is 28.1 Å². The van der Waals surface area contributed by atoms with Crippen LogP contribution in [0.5, 0.6) is 5.75 Å². The van der Waals surface area contributed by atoms with E-state index in [1.54, 1.807) is 18.3 Å². The summed E-state index contributed by atoms with van der Waals surface area (Å²) in [6.45, 7) is -0.220. The molecule has 3 rings (SSSR count). The molecule has 5 nitrogen and oxygen atoms in total. The Bertz CT molecular complexity index is 814. The molecule has 0 aliphatic heterocycles. The number of aromatic nitrogens is 3. The van der Waals surface area contributed by atoms with E-state index in [-0.39, 0.29) is 12.4 Å². The van der Waals surface area contributed by atoms with Crippen LogP contribution in [-0.4, -0.2) is 26.4 Å². The Labute approximate surface area is 122 Å². The van der Waals surface area contributed by atoms with E-state index in [4.69, 9.17) is 0 Å². The molecule has 0 saturated heterocycles. The number of hydrogen-bond acceptors (Lipinski definition) is 4. The van der Waals surface area contributed by atoms with Crippen LogP contribution in [0, 0.1) is 0 Å². The highest BCUT2D eigenvalue weighted by molar-refractivity contribution is 5.80. The van der Waals surface area contributed by atoms with Gasteiger partial charge in [-0.15, -0.1) is 13.2 Å². The first-order chi connectivity index (χ1) is 10.5. The summed E-state index contributed by atoms with van der Waals surface area (Å²) in [7, 11) is 0. The molecule has 114 valence electrons. The van der Waals surface area contributed by atoms with Crippen molar-refractivity contribution < 1.29 is 23.0 Å². The number of imidazole rings is 1. The monoisotopic (exact) mass is 309 g/mol. The number of pyridine rings is 1. The van der Waals surface area contributed by atoms with Crippen LogP contribution in [0.2, 0.25) is 0 Å². The van der Waals surface area contributed by atoms with Crippen molar-refractivity contribution >= 4 is 11.0 Å². The fourth-order valence-electron chi connectivity index (χ4n) is 2.08. The highest BCUT2D eigenvalue weighted by atomic mass is 19.4. The summed E-state index contributed by atoms with van der Waals surface area (Å²) in [6, 6.07) is 7.17. The number of aliphatic hydroxyl groups is 1. The molecule has 0 unspecified atom stereocenters. The molecule has 0 amide bonds. The van der Waals surface area contributed by atoms with Gasteiger partial charge in [0.25, 0.3) is 0 Å². The molecule has 0 aliphatic carbocycles. The van der Waals surface area contributed by atoms with Crippen molar-refractivity contribution in [1.29, 1.82) is 0 Å². The molecule has 8 heteroatoms. The predicted molar refractivity (Wildman–Crippen MR) is 71.9 cm³/mol. The van der Waals surface area contributed by atoms with Crippen molar-refractivity contribution in [1.82, 2.24) is 15.0 Å². The van der Waals surface area contributed by atoms with Crippen molar-refractivity contribution in [2.75, 3.05) is 0 Å². The molecule has 0 radical (unpaired) electrons. The smallest absolute Gasteiger partial charge is 0.406 e. The van der Waals surface area contributed by atoms with Crippen molar-refractivity contribution in [3.05, 3.63) is 42.1 Å². The number of hydrogen-bond donors (Lipinski definition) is 2. The summed E-state index contributed by atoms with van der Waals surface area (Å²) in [5, 5.41) is 9.30. The van der Waals surface area contributed by atoms with Gasteiger partial charge >= 0.3 is 6.36 Å². The zero-order valence-corrected chi connectivity index (χ0v) is 11.1. The largest absolute Gasteiger partial charge is 0.573 e. The molecule has 2 aromatic heterocycles. The molecular formula is C14H10F3N3O2. The molecule has 0 atom stereocenters. The minimum Gasteiger partial charge on any atom is -0.406 e. The number of ether oxygens (including phenoxy) is 1. The summed E-state index contributed by atoms with van der Waals surface area (Å²) < 4.78 is 40.5. The average molecular weight is 309 g/mol. The van der Waals surface area contributed by atoms with E-state index in [1.807, 2.05) is 0 Å². The molecule has 3 aromatic rings. The number of fused-ring (bicyclic) bond motifs is 1. The normalized spacial score (nSPS) is 11.8. The highest BCUT2D eigenvalue weighted by Gasteiger charge is 2.31. The number of alkyl halides is 3. The minimum absolute atomic E-state index is 0.220. The van der Waals surface area contributed by atoms with E-state index in [2.05, 4.69) is 19.7 Å². The van der Waals surface area contributed by atoms with Gasteiger partial charge in [0.1, 0.15) is 11.4 Å². The van der Waals surface area contributed by atoms with Crippen LogP contribution >= 0.6 is 0 Å². The lowest BCUT2D eigenvalue weighted by molar-refractivity contribution is -0.274.